The molecule has 0 unspecified atom stereocenters. The van der Waals surface area contributed by atoms with Crippen LogP contribution < -0.4 is 5.32 Å². The fourth-order valence-corrected chi connectivity index (χ4v) is 4.01. The van der Waals surface area contributed by atoms with Gasteiger partial charge in [0.25, 0.3) is 5.91 Å². The standard InChI is InChI=1S/C22H17ClN2OS/c23-21-11-10-20(27-21)19-14-17(16-8-4-5-9-18(16)25-19)22(26)24-13-12-15-6-2-1-3-7-15/h1-11,14H,12-13H2,(H,24,26). The summed E-state index contributed by atoms with van der Waals surface area (Å²) in [6.07, 6.45) is 0.795. The zero-order valence-corrected chi connectivity index (χ0v) is 16.1. The monoisotopic (exact) mass is 392 g/mol. The molecule has 27 heavy (non-hydrogen) atoms. The molecule has 0 saturated heterocycles. The van der Waals surface area contributed by atoms with Gasteiger partial charge in [0.1, 0.15) is 0 Å². The Bertz CT molecular complexity index is 1090. The quantitative estimate of drug-likeness (QED) is 0.481. The van der Waals surface area contributed by atoms with Crippen LogP contribution in [0.3, 0.4) is 0 Å². The highest BCUT2D eigenvalue weighted by Gasteiger charge is 2.14. The maximum absolute atomic E-state index is 12.9. The first-order valence-electron chi connectivity index (χ1n) is 8.68. The largest absolute Gasteiger partial charge is 0.352 e. The van der Waals surface area contributed by atoms with E-state index in [9.17, 15) is 4.79 Å². The van der Waals surface area contributed by atoms with Gasteiger partial charge in [-0.1, -0.05) is 60.1 Å². The van der Waals surface area contributed by atoms with E-state index in [0.717, 1.165) is 27.9 Å². The van der Waals surface area contributed by atoms with E-state index in [0.29, 0.717) is 16.4 Å². The van der Waals surface area contributed by atoms with Crippen LogP contribution in [0.15, 0.2) is 72.8 Å². The summed E-state index contributed by atoms with van der Waals surface area (Å²) in [4.78, 5) is 18.5. The van der Waals surface area contributed by atoms with Crippen molar-refractivity contribution >= 4 is 39.7 Å². The molecule has 3 nitrogen and oxygen atoms in total. The number of para-hydroxylation sites is 1. The number of carbonyl (C=O) groups excluding carboxylic acids is 1. The van der Waals surface area contributed by atoms with Gasteiger partial charge in [-0.15, -0.1) is 11.3 Å². The molecule has 2 aromatic heterocycles. The Morgan fingerprint density at radius 2 is 1.78 bits per heavy atom. The van der Waals surface area contributed by atoms with E-state index in [-0.39, 0.29) is 5.91 Å². The summed E-state index contributed by atoms with van der Waals surface area (Å²) >= 11 is 7.53. The fraction of sp³-hybridized carbons (Fsp3) is 0.0909. The van der Waals surface area contributed by atoms with Gasteiger partial charge < -0.3 is 5.32 Å². The third kappa shape index (κ3) is 4.02. The normalized spacial score (nSPS) is 10.9. The van der Waals surface area contributed by atoms with Gasteiger partial charge in [0.05, 0.1) is 26.0 Å². The summed E-state index contributed by atoms with van der Waals surface area (Å²) in [6.45, 7) is 0.583. The number of pyridine rings is 1. The van der Waals surface area contributed by atoms with Gasteiger partial charge >= 0.3 is 0 Å². The van der Waals surface area contributed by atoms with E-state index in [1.165, 1.54) is 16.9 Å². The number of amides is 1. The van der Waals surface area contributed by atoms with Gasteiger partial charge in [-0.2, -0.15) is 0 Å². The van der Waals surface area contributed by atoms with Crippen LogP contribution in [0.4, 0.5) is 0 Å². The number of aromatic nitrogens is 1. The first kappa shape index (κ1) is 17.7. The van der Waals surface area contributed by atoms with E-state index in [2.05, 4.69) is 17.4 Å². The topological polar surface area (TPSA) is 42.0 Å². The number of fused-ring (bicyclic) bond motifs is 1. The molecule has 2 heterocycles. The Hall–Kier alpha value is -2.69. The molecule has 0 saturated carbocycles. The first-order valence-corrected chi connectivity index (χ1v) is 9.88. The van der Waals surface area contributed by atoms with Gasteiger partial charge in [0.2, 0.25) is 0 Å². The molecule has 1 amide bonds. The predicted molar refractivity (Wildman–Crippen MR) is 113 cm³/mol. The average Bonchev–Trinajstić information content (AvgIpc) is 3.14. The van der Waals surface area contributed by atoms with Crippen molar-refractivity contribution in [3.8, 4) is 10.6 Å². The van der Waals surface area contributed by atoms with Crippen LogP contribution in [0.5, 0.6) is 0 Å². The van der Waals surface area contributed by atoms with Crippen molar-refractivity contribution in [3.05, 3.63) is 88.3 Å². The molecule has 1 N–H and O–H groups in total. The third-order valence-electron chi connectivity index (χ3n) is 4.33. The van der Waals surface area contributed by atoms with Crippen LogP contribution >= 0.6 is 22.9 Å². The molecule has 2 aromatic carbocycles. The van der Waals surface area contributed by atoms with Crippen molar-refractivity contribution in [3.63, 3.8) is 0 Å². The molecule has 0 radical (unpaired) electrons. The molecule has 0 aliphatic carbocycles. The molecule has 0 atom stereocenters. The van der Waals surface area contributed by atoms with Crippen molar-refractivity contribution in [2.45, 2.75) is 6.42 Å². The lowest BCUT2D eigenvalue weighted by molar-refractivity contribution is 0.0956. The zero-order valence-electron chi connectivity index (χ0n) is 14.5. The van der Waals surface area contributed by atoms with Gasteiger partial charge in [0, 0.05) is 11.9 Å². The minimum absolute atomic E-state index is 0.0894. The summed E-state index contributed by atoms with van der Waals surface area (Å²) in [5.41, 5.74) is 3.39. The third-order valence-corrected chi connectivity index (χ3v) is 5.58. The Kier molecular flexibility index (Phi) is 5.19. The number of nitrogens with one attached hydrogen (secondary N) is 1. The number of rotatable bonds is 5. The van der Waals surface area contributed by atoms with Crippen LogP contribution in [0.25, 0.3) is 21.5 Å². The summed E-state index contributed by atoms with van der Waals surface area (Å²) in [6, 6.07) is 23.5. The average molecular weight is 393 g/mol. The second-order valence-corrected chi connectivity index (χ2v) is 7.88. The predicted octanol–water partition coefficient (Wildman–Crippen LogP) is 5.59. The summed E-state index contributed by atoms with van der Waals surface area (Å²) in [5.74, 6) is -0.0894. The number of hydrogen-bond donors (Lipinski definition) is 1. The maximum atomic E-state index is 12.9. The number of carbonyl (C=O) groups is 1. The molecule has 4 aromatic rings. The van der Waals surface area contributed by atoms with Crippen LogP contribution in [-0.2, 0) is 6.42 Å². The molecule has 0 spiro atoms. The van der Waals surface area contributed by atoms with Crippen molar-refractivity contribution in [2.24, 2.45) is 0 Å². The molecular weight excluding hydrogens is 376 g/mol. The van der Waals surface area contributed by atoms with Crippen molar-refractivity contribution < 1.29 is 4.79 Å². The maximum Gasteiger partial charge on any atom is 0.252 e. The number of halogens is 1. The second kappa shape index (κ2) is 7.91. The smallest absolute Gasteiger partial charge is 0.252 e. The minimum Gasteiger partial charge on any atom is -0.352 e. The molecule has 134 valence electrons. The Labute approximate surface area is 166 Å². The minimum atomic E-state index is -0.0894. The van der Waals surface area contributed by atoms with Crippen LogP contribution in [0, 0.1) is 0 Å². The highest BCUT2D eigenvalue weighted by Crippen LogP contribution is 2.32. The lowest BCUT2D eigenvalue weighted by Crippen LogP contribution is -2.26. The first-order chi connectivity index (χ1) is 13.2. The van der Waals surface area contributed by atoms with Gasteiger partial charge in [-0.25, -0.2) is 4.98 Å². The van der Waals surface area contributed by atoms with Crippen molar-refractivity contribution in [2.75, 3.05) is 6.54 Å². The molecule has 0 aliphatic rings. The molecule has 0 bridgehead atoms. The SMILES string of the molecule is O=C(NCCc1ccccc1)c1cc(-c2ccc(Cl)s2)nc2ccccc12. The van der Waals surface area contributed by atoms with E-state index in [1.54, 1.807) is 0 Å². The Balaban J connectivity index is 1.62. The molecule has 0 fully saturated rings. The van der Waals surface area contributed by atoms with E-state index < -0.39 is 0 Å². The van der Waals surface area contributed by atoms with Crippen LogP contribution in [0.1, 0.15) is 15.9 Å². The number of nitrogens with zero attached hydrogens (tertiary/aromatic N) is 1. The molecule has 4 rings (SSSR count). The van der Waals surface area contributed by atoms with Crippen LogP contribution in [0.2, 0.25) is 4.34 Å². The fourth-order valence-electron chi connectivity index (χ4n) is 3.00. The van der Waals surface area contributed by atoms with Gasteiger partial charge in [-0.3, -0.25) is 4.79 Å². The second-order valence-electron chi connectivity index (χ2n) is 6.17. The molecule has 5 heteroatoms. The number of hydrogen-bond acceptors (Lipinski definition) is 3. The summed E-state index contributed by atoms with van der Waals surface area (Å²) in [5, 5.41) is 3.88. The Morgan fingerprint density at radius 3 is 2.56 bits per heavy atom. The van der Waals surface area contributed by atoms with Gasteiger partial charge in [0.15, 0.2) is 0 Å². The van der Waals surface area contributed by atoms with Gasteiger partial charge in [-0.05, 0) is 36.2 Å². The number of thiophene rings is 1. The van der Waals surface area contributed by atoms with E-state index in [4.69, 9.17) is 16.6 Å². The van der Waals surface area contributed by atoms with Crippen molar-refractivity contribution in [1.29, 1.82) is 0 Å². The van der Waals surface area contributed by atoms with Crippen LogP contribution in [-0.4, -0.2) is 17.4 Å². The lowest BCUT2D eigenvalue weighted by Gasteiger charge is -2.10. The zero-order chi connectivity index (χ0) is 18.6. The van der Waals surface area contributed by atoms with E-state index >= 15 is 0 Å². The van der Waals surface area contributed by atoms with E-state index in [1.807, 2.05) is 60.7 Å². The highest BCUT2D eigenvalue weighted by molar-refractivity contribution is 7.19. The summed E-state index contributed by atoms with van der Waals surface area (Å²) < 4.78 is 0.703. The lowest BCUT2D eigenvalue weighted by atomic mass is 10.1. The molecule has 0 aliphatic heterocycles. The highest BCUT2D eigenvalue weighted by atomic mass is 35.5. The van der Waals surface area contributed by atoms with Crippen molar-refractivity contribution in [1.82, 2.24) is 10.3 Å². The number of benzene rings is 2. The Morgan fingerprint density at radius 1 is 1.00 bits per heavy atom. The molecular formula is C22H17ClN2OS. The summed E-state index contributed by atoms with van der Waals surface area (Å²) in [7, 11) is 0.